The van der Waals surface area contributed by atoms with Gasteiger partial charge in [-0.3, -0.25) is 9.59 Å². The third-order valence-electron chi connectivity index (χ3n) is 8.43. The van der Waals surface area contributed by atoms with Gasteiger partial charge in [-0.25, -0.2) is 0 Å². The quantitative estimate of drug-likeness (QED) is 0.104. The van der Waals surface area contributed by atoms with E-state index in [2.05, 4.69) is 4.98 Å². The van der Waals surface area contributed by atoms with Crippen LogP contribution >= 0.6 is 23.2 Å². The Bertz CT molecular complexity index is 2200. The number of hydrogen-bond donors (Lipinski definition) is 5. The van der Waals surface area contributed by atoms with E-state index in [-0.39, 0.29) is 58.1 Å². The number of carbonyl (C=O) groups is 2. The van der Waals surface area contributed by atoms with Gasteiger partial charge in [0.1, 0.15) is 23.0 Å². The third-order valence-corrected chi connectivity index (χ3v) is 8.94. The summed E-state index contributed by atoms with van der Waals surface area (Å²) in [5.74, 6) is -1.93. The smallest absolute Gasteiger partial charge is 0.196 e. The fourth-order valence-corrected chi connectivity index (χ4v) is 6.14. The van der Waals surface area contributed by atoms with Crippen molar-refractivity contribution in [2.75, 3.05) is 0 Å². The molecule has 0 unspecified atom stereocenters. The number of phenolic OH excluding ortho intramolecular Hbond substituents is 4. The average Bonchev–Trinajstić information content (AvgIpc) is 3.41. The summed E-state index contributed by atoms with van der Waals surface area (Å²) in [5.41, 5.74) is 3.73. The number of fused-ring (bicyclic) bond motifs is 1. The van der Waals surface area contributed by atoms with Gasteiger partial charge in [-0.2, -0.15) is 0 Å². The number of aromatic hydroxyl groups is 4. The summed E-state index contributed by atoms with van der Waals surface area (Å²) in [6, 6.07) is 22.9. The largest absolute Gasteiger partial charge is 0.507 e. The molecule has 0 amide bonds. The highest BCUT2D eigenvalue weighted by Gasteiger charge is 2.26. The molecule has 0 atom stereocenters. The van der Waals surface area contributed by atoms with Crippen LogP contribution in [-0.2, 0) is 12.8 Å². The Labute approximate surface area is 280 Å². The van der Waals surface area contributed by atoms with Crippen LogP contribution < -0.4 is 0 Å². The maximum absolute atomic E-state index is 13.4. The van der Waals surface area contributed by atoms with E-state index in [1.165, 1.54) is 12.1 Å². The van der Waals surface area contributed by atoms with Crippen molar-refractivity contribution in [3.05, 3.63) is 151 Å². The standard InChI is InChI=1S/C38H29Cl2NO6/c1-19-15-27(35(44)21-7-11-23(39)12-8-21)37(46)29(33(19)42)17-26-25-5-3-4-6-31(25)41-32(26)18-30-34(43)20(2)16-28(38(30)47)36(45)22-9-13-24(40)14-10-22/h3-16,41-43,46-47H,17-18H2,1-2H3. The number of aromatic nitrogens is 1. The van der Waals surface area contributed by atoms with Gasteiger partial charge in [0.05, 0.1) is 11.1 Å². The van der Waals surface area contributed by atoms with E-state index in [9.17, 15) is 30.0 Å². The second-order valence-corrected chi connectivity index (χ2v) is 12.4. The number of para-hydroxylation sites is 1. The highest BCUT2D eigenvalue weighted by Crippen LogP contribution is 2.41. The van der Waals surface area contributed by atoms with Gasteiger partial charge in [0.15, 0.2) is 11.6 Å². The zero-order chi connectivity index (χ0) is 33.6. The van der Waals surface area contributed by atoms with E-state index in [1.54, 1.807) is 62.4 Å². The van der Waals surface area contributed by atoms with Gasteiger partial charge in [-0.05, 0) is 97.3 Å². The summed E-state index contributed by atoms with van der Waals surface area (Å²) in [5, 5.41) is 46.8. The maximum atomic E-state index is 13.4. The van der Waals surface area contributed by atoms with Gasteiger partial charge in [0.2, 0.25) is 0 Å². The lowest BCUT2D eigenvalue weighted by Crippen LogP contribution is -2.06. The molecule has 7 nitrogen and oxygen atoms in total. The van der Waals surface area contributed by atoms with E-state index in [4.69, 9.17) is 23.2 Å². The SMILES string of the molecule is Cc1cc(C(=O)c2ccc(Cl)cc2)c(O)c(Cc2[nH]c3ccccc3c2Cc2c(O)c(C)cc(C(=O)c3ccc(Cl)cc3)c2O)c1O. The van der Waals surface area contributed by atoms with Gasteiger partial charge < -0.3 is 25.4 Å². The Morgan fingerprint density at radius 2 is 1.04 bits per heavy atom. The highest BCUT2D eigenvalue weighted by molar-refractivity contribution is 6.31. The van der Waals surface area contributed by atoms with Crippen molar-refractivity contribution in [1.82, 2.24) is 4.98 Å². The minimum Gasteiger partial charge on any atom is -0.507 e. The summed E-state index contributed by atoms with van der Waals surface area (Å²) in [4.78, 5) is 30.2. The summed E-state index contributed by atoms with van der Waals surface area (Å²) in [6.07, 6.45) is -0.0162. The lowest BCUT2D eigenvalue weighted by molar-refractivity contribution is 0.102. The molecule has 6 rings (SSSR count). The molecule has 0 spiro atoms. The molecular weight excluding hydrogens is 637 g/mol. The fraction of sp³-hybridized carbons (Fsp3) is 0.105. The minimum absolute atomic E-state index is 0.00347. The summed E-state index contributed by atoms with van der Waals surface area (Å²) >= 11 is 12.0. The summed E-state index contributed by atoms with van der Waals surface area (Å²) in [7, 11) is 0. The predicted molar refractivity (Wildman–Crippen MR) is 183 cm³/mol. The first kappa shape index (κ1) is 31.7. The molecule has 0 saturated carbocycles. The first-order chi connectivity index (χ1) is 22.4. The molecule has 5 N–H and O–H groups in total. The normalized spacial score (nSPS) is 11.2. The Hall–Kier alpha value is -5.24. The Kier molecular flexibility index (Phi) is 8.45. The molecule has 236 valence electrons. The Morgan fingerprint density at radius 3 is 1.53 bits per heavy atom. The molecule has 0 aliphatic heterocycles. The molecule has 0 aliphatic carbocycles. The van der Waals surface area contributed by atoms with Crippen molar-refractivity contribution in [3.8, 4) is 23.0 Å². The van der Waals surface area contributed by atoms with Crippen molar-refractivity contribution in [2.24, 2.45) is 0 Å². The zero-order valence-corrected chi connectivity index (χ0v) is 26.9. The number of phenols is 4. The van der Waals surface area contributed by atoms with Crippen molar-refractivity contribution >= 4 is 45.7 Å². The number of halogens is 2. The number of benzene rings is 5. The van der Waals surface area contributed by atoms with Crippen LogP contribution in [0.15, 0.2) is 84.9 Å². The van der Waals surface area contributed by atoms with Crippen LogP contribution in [0.25, 0.3) is 10.9 Å². The molecule has 0 radical (unpaired) electrons. The van der Waals surface area contributed by atoms with Crippen LogP contribution in [0.5, 0.6) is 23.0 Å². The van der Waals surface area contributed by atoms with Crippen molar-refractivity contribution in [2.45, 2.75) is 26.7 Å². The Morgan fingerprint density at radius 1 is 0.596 bits per heavy atom. The van der Waals surface area contributed by atoms with E-state index in [0.29, 0.717) is 43.6 Å². The van der Waals surface area contributed by atoms with Gasteiger partial charge in [0.25, 0.3) is 0 Å². The van der Waals surface area contributed by atoms with E-state index < -0.39 is 11.6 Å². The lowest BCUT2D eigenvalue weighted by Gasteiger charge is -2.16. The van der Waals surface area contributed by atoms with Crippen LogP contribution in [0.1, 0.15) is 65.4 Å². The van der Waals surface area contributed by atoms with Crippen LogP contribution in [0.2, 0.25) is 10.0 Å². The molecule has 0 aliphatic rings. The first-order valence-corrected chi connectivity index (χ1v) is 15.5. The van der Waals surface area contributed by atoms with Crippen molar-refractivity contribution < 1.29 is 30.0 Å². The second-order valence-electron chi connectivity index (χ2n) is 11.5. The van der Waals surface area contributed by atoms with Crippen LogP contribution in [0, 0.1) is 13.8 Å². The molecular formula is C38H29Cl2NO6. The monoisotopic (exact) mass is 665 g/mol. The lowest BCUT2D eigenvalue weighted by atomic mass is 9.90. The number of ketones is 2. The van der Waals surface area contributed by atoms with Crippen molar-refractivity contribution in [3.63, 3.8) is 0 Å². The number of rotatable bonds is 8. The number of nitrogens with one attached hydrogen (secondary N) is 1. The maximum Gasteiger partial charge on any atom is 0.196 e. The zero-order valence-electron chi connectivity index (χ0n) is 25.4. The van der Waals surface area contributed by atoms with E-state index in [0.717, 1.165) is 10.9 Å². The molecule has 9 heteroatoms. The molecule has 0 fully saturated rings. The molecule has 0 bridgehead atoms. The number of H-pyrrole nitrogens is 1. The van der Waals surface area contributed by atoms with Crippen LogP contribution in [-0.4, -0.2) is 37.0 Å². The van der Waals surface area contributed by atoms with E-state index in [1.807, 2.05) is 24.3 Å². The number of carbonyl (C=O) groups excluding carboxylic acids is 2. The average molecular weight is 667 g/mol. The predicted octanol–water partition coefficient (Wildman–Crippen LogP) is 8.56. The molecule has 5 aromatic carbocycles. The van der Waals surface area contributed by atoms with Crippen LogP contribution in [0.4, 0.5) is 0 Å². The second kappa shape index (κ2) is 12.5. The first-order valence-electron chi connectivity index (χ1n) is 14.7. The fourth-order valence-electron chi connectivity index (χ4n) is 5.89. The van der Waals surface area contributed by atoms with Gasteiger partial charge in [0, 0.05) is 61.7 Å². The Balaban J connectivity index is 1.45. The van der Waals surface area contributed by atoms with Gasteiger partial charge >= 0.3 is 0 Å². The molecule has 1 heterocycles. The van der Waals surface area contributed by atoms with Gasteiger partial charge in [-0.15, -0.1) is 0 Å². The van der Waals surface area contributed by atoms with Gasteiger partial charge in [-0.1, -0.05) is 41.4 Å². The van der Waals surface area contributed by atoms with Crippen LogP contribution in [0.3, 0.4) is 0 Å². The highest BCUT2D eigenvalue weighted by atomic mass is 35.5. The number of aromatic amines is 1. The topological polar surface area (TPSA) is 131 Å². The number of aryl methyl sites for hydroxylation is 2. The number of hydrogen-bond acceptors (Lipinski definition) is 6. The van der Waals surface area contributed by atoms with Crippen molar-refractivity contribution in [1.29, 1.82) is 0 Å². The summed E-state index contributed by atoms with van der Waals surface area (Å²) in [6.45, 7) is 3.29. The molecule has 47 heavy (non-hydrogen) atoms. The minimum atomic E-state index is -0.437. The molecule has 1 aromatic heterocycles. The third kappa shape index (κ3) is 5.91. The molecule has 0 saturated heterocycles. The molecule has 6 aromatic rings. The summed E-state index contributed by atoms with van der Waals surface area (Å²) < 4.78 is 0. The van der Waals surface area contributed by atoms with E-state index >= 15 is 0 Å².